The molecule has 1 aromatic carbocycles. The maximum absolute atomic E-state index is 12.6. The Kier molecular flexibility index (Phi) is 2.25. The Labute approximate surface area is 97.0 Å². The molecule has 92 valence electrons. The molecule has 1 aromatic rings. The van der Waals surface area contributed by atoms with Crippen molar-refractivity contribution < 1.29 is 13.2 Å². The van der Waals surface area contributed by atoms with Crippen LogP contribution >= 0.6 is 0 Å². The number of piperidine rings is 1. The number of halogens is 3. The molecule has 0 radical (unpaired) electrons. The zero-order chi connectivity index (χ0) is 12.2. The van der Waals surface area contributed by atoms with Crippen LogP contribution in [0, 0.1) is 11.8 Å². The van der Waals surface area contributed by atoms with E-state index < -0.39 is 11.7 Å². The Morgan fingerprint density at radius 2 is 2.06 bits per heavy atom. The number of alkyl halides is 3. The molecule has 0 amide bonds. The van der Waals surface area contributed by atoms with Gasteiger partial charge in [0.15, 0.2) is 0 Å². The van der Waals surface area contributed by atoms with Gasteiger partial charge in [0.25, 0.3) is 0 Å². The van der Waals surface area contributed by atoms with E-state index in [0.717, 1.165) is 12.6 Å². The van der Waals surface area contributed by atoms with E-state index in [1.807, 2.05) is 0 Å². The first kappa shape index (κ1) is 11.0. The van der Waals surface area contributed by atoms with Crippen molar-refractivity contribution in [1.29, 1.82) is 0 Å². The molecule has 0 spiro atoms. The summed E-state index contributed by atoms with van der Waals surface area (Å²) in [5, 5.41) is 3.23. The maximum Gasteiger partial charge on any atom is 0.416 e. The molecular weight excluding hydrogens is 229 g/mol. The second-order valence-corrected chi connectivity index (χ2v) is 4.83. The zero-order valence-corrected chi connectivity index (χ0v) is 9.04. The number of rotatable bonds is 1. The number of hydrogen-bond donors (Lipinski definition) is 2. The SMILES string of the molecule is NC1C2CNC(c3cccc(C(F)(F)F)c3)C12. The molecule has 2 aliphatic rings. The Hall–Kier alpha value is -1.07. The normalized spacial score (nSPS) is 35.8. The summed E-state index contributed by atoms with van der Waals surface area (Å²) in [5.74, 6) is 0.744. The van der Waals surface area contributed by atoms with Gasteiger partial charge in [-0.3, -0.25) is 0 Å². The van der Waals surface area contributed by atoms with Gasteiger partial charge in [-0.25, -0.2) is 0 Å². The summed E-state index contributed by atoms with van der Waals surface area (Å²) in [6.45, 7) is 0.812. The molecule has 3 N–H and O–H groups in total. The van der Waals surface area contributed by atoms with Gasteiger partial charge in [-0.15, -0.1) is 0 Å². The van der Waals surface area contributed by atoms with Gasteiger partial charge < -0.3 is 11.1 Å². The monoisotopic (exact) mass is 242 g/mol. The van der Waals surface area contributed by atoms with Crippen molar-refractivity contribution >= 4 is 0 Å². The average Bonchev–Trinajstić information content (AvgIpc) is 2.76. The van der Waals surface area contributed by atoms with Gasteiger partial charge in [0.2, 0.25) is 0 Å². The van der Waals surface area contributed by atoms with Crippen molar-refractivity contribution in [3.63, 3.8) is 0 Å². The molecule has 1 heterocycles. The third kappa shape index (κ3) is 1.73. The van der Waals surface area contributed by atoms with Crippen LogP contribution in [0.15, 0.2) is 24.3 Å². The molecule has 1 saturated heterocycles. The maximum atomic E-state index is 12.6. The lowest BCUT2D eigenvalue weighted by atomic mass is 10.0. The molecule has 4 unspecified atom stereocenters. The fraction of sp³-hybridized carbons (Fsp3) is 0.500. The number of nitrogens with one attached hydrogen (secondary N) is 1. The smallest absolute Gasteiger partial charge is 0.327 e. The summed E-state index contributed by atoms with van der Waals surface area (Å²) < 4.78 is 37.8. The summed E-state index contributed by atoms with van der Waals surface area (Å²) in [6, 6.07) is 5.66. The molecule has 0 aromatic heterocycles. The fourth-order valence-electron chi connectivity index (χ4n) is 2.82. The number of nitrogens with two attached hydrogens (primary N) is 1. The third-order valence-electron chi connectivity index (χ3n) is 3.82. The summed E-state index contributed by atoms with van der Waals surface area (Å²) in [7, 11) is 0. The molecule has 5 heteroatoms. The molecular formula is C12H13F3N2. The minimum absolute atomic E-state index is 0.0164. The van der Waals surface area contributed by atoms with E-state index in [1.54, 1.807) is 6.07 Å². The molecule has 2 fully saturated rings. The van der Waals surface area contributed by atoms with Gasteiger partial charge in [0.05, 0.1) is 5.56 Å². The summed E-state index contributed by atoms with van der Waals surface area (Å²) in [6.07, 6.45) is -4.28. The first-order valence-corrected chi connectivity index (χ1v) is 5.64. The van der Waals surface area contributed by atoms with Gasteiger partial charge in [-0.2, -0.15) is 13.2 Å². The summed E-state index contributed by atoms with van der Waals surface area (Å²) >= 11 is 0. The molecule has 1 aliphatic heterocycles. The Morgan fingerprint density at radius 1 is 1.29 bits per heavy atom. The zero-order valence-electron chi connectivity index (χ0n) is 9.04. The lowest BCUT2D eigenvalue weighted by Crippen LogP contribution is -2.26. The van der Waals surface area contributed by atoms with E-state index >= 15 is 0 Å². The van der Waals surface area contributed by atoms with Crippen LogP contribution in [0.2, 0.25) is 0 Å². The largest absolute Gasteiger partial charge is 0.416 e. The van der Waals surface area contributed by atoms with Crippen LogP contribution in [0.1, 0.15) is 17.2 Å². The van der Waals surface area contributed by atoms with Gasteiger partial charge in [-0.1, -0.05) is 12.1 Å². The highest BCUT2D eigenvalue weighted by atomic mass is 19.4. The van der Waals surface area contributed by atoms with Crippen LogP contribution in [-0.4, -0.2) is 12.6 Å². The van der Waals surface area contributed by atoms with Crippen LogP contribution in [0.3, 0.4) is 0 Å². The average molecular weight is 242 g/mol. The van der Waals surface area contributed by atoms with E-state index in [-0.39, 0.29) is 12.1 Å². The van der Waals surface area contributed by atoms with E-state index in [4.69, 9.17) is 5.73 Å². The van der Waals surface area contributed by atoms with E-state index in [1.165, 1.54) is 12.1 Å². The second kappa shape index (κ2) is 3.46. The van der Waals surface area contributed by atoms with Crippen molar-refractivity contribution in [2.45, 2.75) is 18.3 Å². The van der Waals surface area contributed by atoms with Crippen LogP contribution in [0.5, 0.6) is 0 Å². The van der Waals surface area contributed by atoms with Crippen LogP contribution < -0.4 is 11.1 Å². The molecule has 1 saturated carbocycles. The van der Waals surface area contributed by atoms with Crippen molar-refractivity contribution in [2.75, 3.05) is 6.54 Å². The number of hydrogen-bond acceptors (Lipinski definition) is 2. The van der Waals surface area contributed by atoms with E-state index in [0.29, 0.717) is 17.4 Å². The van der Waals surface area contributed by atoms with Gasteiger partial charge in [0, 0.05) is 18.6 Å². The number of benzene rings is 1. The molecule has 3 rings (SSSR count). The van der Waals surface area contributed by atoms with Crippen LogP contribution in [0.4, 0.5) is 13.2 Å². The highest BCUT2D eigenvalue weighted by Gasteiger charge is 2.56. The Balaban J connectivity index is 1.89. The molecule has 4 atom stereocenters. The predicted octanol–water partition coefficient (Wildman–Crippen LogP) is 1.92. The Morgan fingerprint density at radius 3 is 2.65 bits per heavy atom. The van der Waals surface area contributed by atoms with E-state index in [9.17, 15) is 13.2 Å². The third-order valence-corrected chi connectivity index (χ3v) is 3.82. The Bertz CT molecular complexity index is 444. The van der Waals surface area contributed by atoms with Crippen molar-refractivity contribution in [2.24, 2.45) is 17.6 Å². The van der Waals surface area contributed by atoms with Crippen LogP contribution in [0.25, 0.3) is 0 Å². The minimum Gasteiger partial charge on any atom is -0.327 e. The second-order valence-electron chi connectivity index (χ2n) is 4.83. The minimum atomic E-state index is -4.28. The fourth-order valence-corrected chi connectivity index (χ4v) is 2.82. The standard InChI is InChI=1S/C12H13F3N2/c13-12(14,15)7-3-1-2-6(4-7)11-9-8(5-17-11)10(9)16/h1-4,8-11,17H,5,16H2. The van der Waals surface area contributed by atoms with Crippen molar-refractivity contribution in [3.05, 3.63) is 35.4 Å². The quantitative estimate of drug-likeness (QED) is 0.789. The number of fused-ring (bicyclic) bond motifs is 1. The van der Waals surface area contributed by atoms with Gasteiger partial charge in [-0.05, 0) is 29.5 Å². The van der Waals surface area contributed by atoms with Crippen LogP contribution in [-0.2, 0) is 6.18 Å². The first-order chi connectivity index (χ1) is 7.98. The van der Waals surface area contributed by atoms with Crippen molar-refractivity contribution in [3.8, 4) is 0 Å². The lowest BCUT2D eigenvalue weighted by molar-refractivity contribution is -0.137. The predicted molar refractivity (Wildman–Crippen MR) is 57.1 cm³/mol. The molecule has 1 aliphatic carbocycles. The summed E-state index contributed by atoms with van der Waals surface area (Å²) in [4.78, 5) is 0. The topological polar surface area (TPSA) is 38.0 Å². The molecule has 0 bridgehead atoms. The molecule has 17 heavy (non-hydrogen) atoms. The highest BCUT2D eigenvalue weighted by molar-refractivity contribution is 5.32. The molecule has 2 nitrogen and oxygen atoms in total. The van der Waals surface area contributed by atoms with E-state index in [2.05, 4.69) is 5.32 Å². The summed E-state index contributed by atoms with van der Waals surface area (Å²) in [5.41, 5.74) is 5.97. The first-order valence-electron chi connectivity index (χ1n) is 5.64. The van der Waals surface area contributed by atoms with Gasteiger partial charge >= 0.3 is 6.18 Å². The highest BCUT2D eigenvalue weighted by Crippen LogP contribution is 2.50. The van der Waals surface area contributed by atoms with Gasteiger partial charge in [0.1, 0.15) is 0 Å². The lowest BCUT2D eigenvalue weighted by Gasteiger charge is -2.17. The van der Waals surface area contributed by atoms with Crippen molar-refractivity contribution in [1.82, 2.24) is 5.32 Å².